The van der Waals surface area contributed by atoms with Gasteiger partial charge in [0.1, 0.15) is 11.6 Å². The normalized spacial score (nSPS) is 18.5. The lowest BCUT2D eigenvalue weighted by Crippen LogP contribution is -2.50. The van der Waals surface area contributed by atoms with Crippen LogP contribution in [0.25, 0.3) is 0 Å². The molecule has 17 heavy (non-hydrogen) atoms. The highest BCUT2D eigenvalue weighted by atomic mass is 19.1. The third-order valence-corrected chi connectivity index (χ3v) is 3.01. The Balaban J connectivity index is 1.85. The van der Waals surface area contributed by atoms with Gasteiger partial charge in [0.25, 0.3) is 0 Å². The molecule has 2 rings (SSSR count). The van der Waals surface area contributed by atoms with Gasteiger partial charge >= 0.3 is 0 Å². The minimum absolute atomic E-state index is 0.399. The predicted octanol–water partition coefficient (Wildman–Crippen LogP) is 1.22. The Hall–Kier alpha value is -1.04. The maximum Gasteiger partial charge on any atom is 0.130 e. The van der Waals surface area contributed by atoms with Crippen molar-refractivity contribution in [2.75, 3.05) is 33.2 Å². The van der Waals surface area contributed by atoms with E-state index in [0.29, 0.717) is 12.1 Å². The van der Waals surface area contributed by atoms with E-state index < -0.39 is 11.6 Å². The monoisotopic (exact) mass is 241 g/mol. The largest absolute Gasteiger partial charge is 0.304 e. The molecule has 94 valence electrons. The van der Waals surface area contributed by atoms with Gasteiger partial charge in [0.05, 0.1) is 0 Å². The summed E-state index contributed by atoms with van der Waals surface area (Å²) in [6.07, 6.45) is 0. The average molecular weight is 241 g/mol. The number of nitrogens with zero attached hydrogens (tertiary/aromatic N) is 2. The van der Waals surface area contributed by atoms with Crippen LogP contribution in [0.1, 0.15) is 5.56 Å². The molecule has 1 aromatic carbocycles. The van der Waals surface area contributed by atoms with Gasteiger partial charge in [-0.25, -0.2) is 13.8 Å². The molecule has 0 bridgehead atoms. The van der Waals surface area contributed by atoms with Gasteiger partial charge in [0, 0.05) is 44.4 Å². The summed E-state index contributed by atoms with van der Waals surface area (Å²) in [5, 5.41) is 2.07. The first-order valence-corrected chi connectivity index (χ1v) is 5.76. The number of benzene rings is 1. The number of hydrogen-bond donors (Lipinski definition) is 1. The molecule has 1 aromatic rings. The lowest BCUT2D eigenvalue weighted by Gasteiger charge is -2.32. The second kappa shape index (κ2) is 5.53. The van der Waals surface area contributed by atoms with E-state index in [2.05, 4.69) is 22.4 Å². The highest BCUT2D eigenvalue weighted by Crippen LogP contribution is 2.09. The van der Waals surface area contributed by atoms with Gasteiger partial charge in [0.2, 0.25) is 0 Å². The molecule has 0 radical (unpaired) electrons. The van der Waals surface area contributed by atoms with Crippen molar-refractivity contribution in [1.29, 1.82) is 0 Å². The third-order valence-electron chi connectivity index (χ3n) is 3.01. The van der Waals surface area contributed by atoms with E-state index in [0.717, 1.165) is 32.2 Å². The molecule has 1 saturated heterocycles. The molecule has 0 aromatic heterocycles. The van der Waals surface area contributed by atoms with Gasteiger partial charge in [-0.1, -0.05) is 6.07 Å². The van der Waals surface area contributed by atoms with Crippen LogP contribution in [0.5, 0.6) is 0 Å². The summed E-state index contributed by atoms with van der Waals surface area (Å²) < 4.78 is 26.1. The van der Waals surface area contributed by atoms with Crippen molar-refractivity contribution in [2.45, 2.75) is 6.54 Å². The van der Waals surface area contributed by atoms with Crippen molar-refractivity contribution in [3.63, 3.8) is 0 Å². The summed E-state index contributed by atoms with van der Waals surface area (Å²) in [5.41, 5.74) is 3.65. The van der Waals surface area contributed by atoms with E-state index in [1.807, 2.05) is 0 Å². The SMILES string of the molecule is CN1CCN(NCc2ccc(F)cc2F)CC1. The van der Waals surface area contributed by atoms with Gasteiger partial charge in [-0.3, -0.25) is 5.43 Å². The van der Waals surface area contributed by atoms with Gasteiger partial charge in [-0.15, -0.1) is 0 Å². The van der Waals surface area contributed by atoms with Crippen molar-refractivity contribution >= 4 is 0 Å². The average Bonchev–Trinajstić information content (AvgIpc) is 2.30. The second-order valence-electron chi connectivity index (χ2n) is 4.36. The number of likely N-dealkylation sites (N-methyl/N-ethyl adjacent to an activating group) is 1. The topological polar surface area (TPSA) is 18.5 Å². The molecule has 0 aliphatic carbocycles. The fraction of sp³-hybridized carbons (Fsp3) is 0.500. The number of nitrogens with one attached hydrogen (secondary N) is 1. The van der Waals surface area contributed by atoms with Crippen molar-refractivity contribution in [3.8, 4) is 0 Å². The first kappa shape index (κ1) is 12.4. The molecular weight excluding hydrogens is 224 g/mol. The zero-order chi connectivity index (χ0) is 12.3. The zero-order valence-electron chi connectivity index (χ0n) is 9.92. The third kappa shape index (κ3) is 3.46. The molecular formula is C12H17F2N3. The number of hydrazine groups is 1. The standard InChI is InChI=1S/C12H17F2N3/c1-16-4-6-17(7-5-16)15-9-10-2-3-11(13)8-12(10)14/h2-3,8,15H,4-7,9H2,1H3. The smallest absolute Gasteiger partial charge is 0.130 e. The molecule has 0 spiro atoms. The lowest BCUT2D eigenvalue weighted by molar-refractivity contribution is 0.102. The first-order chi connectivity index (χ1) is 8.15. The molecule has 1 N–H and O–H groups in total. The fourth-order valence-electron chi connectivity index (χ4n) is 1.83. The Morgan fingerprint density at radius 3 is 2.53 bits per heavy atom. The van der Waals surface area contributed by atoms with Gasteiger partial charge in [0.15, 0.2) is 0 Å². The fourth-order valence-corrected chi connectivity index (χ4v) is 1.83. The van der Waals surface area contributed by atoms with Crippen LogP contribution in [0.4, 0.5) is 8.78 Å². The molecule has 1 aliphatic rings. The summed E-state index contributed by atoms with van der Waals surface area (Å²) in [6.45, 7) is 4.23. The van der Waals surface area contributed by atoms with Crippen LogP contribution in [0.15, 0.2) is 18.2 Å². The summed E-state index contributed by atoms with van der Waals surface area (Å²) in [5.74, 6) is -1.03. The lowest BCUT2D eigenvalue weighted by atomic mass is 10.2. The van der Waals surface area contributed by atoms with Crippen molar-refractivity contribution in [3.05, 3.63) is 35.4 Å². The molecule has 0 unspecified atom stereocenters. The summed E-state index contributed by atoms with van der Waals surface area (Å²) in [7, 11) is 2.08. The zero-order valence-corrected chi connectivity index (χ0v) is 9.92. The van der Waals surface area contributed by atoms with E-state index >= 15 is 0 Å². The van der Waals surface area contributed by atoms with Gasteiger partial charge < -0.3 is 4.90 Å². The molecule has 5 heteroatoms. The maximum atomic E-state index is 13.4. The Kier molecular flexibility index (Phi) is 4.04. The van der Waals surface area contributed by atoms with Crippen LogP contribution < -0.4 is 5.43 Å². The summed E-state index contributed by atoms with van der Waals surface area (Å²) in [6, 6.07) is 3.68. The molecule has 1 aliphatic heterocycles. The predicted molar refractivity (Wildman–Crippen MR) is 62.3 cm³/mol. The van der Waals surface area contributed by atoms with Crippen LogP contribution in [-0.2, 0) is 6.54 Å². The minimum Gasteiger partial charge on any atom is -0.304 e. The molecule has 0 amide bonds. The van der Waals surface area contributed by atoms with Crippen LogP contribution in [-0.4, -0.2) is 43.1 Å². The summed E-state index contributed by atoms with van der Waals surface area (Å²) in [4.78, 5) is 2.25. The molecule has 0 atom stereocenters. The Bertz CT molecular complexity index is 376. The van der Waals surface area contributed by atoms with Gasteiger partial charge in [-0.05, 0) is 13.1 Å². The Morgan fingerprint density at radius 2 is 1.88 bits per heavy atom. The van der Waals surface area contributed by atoms with Crippen LogP contribution >= 0.6 is 0 Å². The number of piperazine rings is 1. The van der Waals surface area contributed by atoms with E-state index in [1.54, 1.807) is 0 Å². The highest BCUT2D eigenvalue weighted by molar-refractivity contribution is 5.18. The first-order valence-electron chi connectivity index (χ1n) is 5.76. The van der Waals surface area contributed by atoms with Crippen LogP contribution in [0, 0.1) is 11.6 Å². The minimum atomic E-state index is -0.536. The second-order valence-corrected chi connectivity index (χ2v) is 4.36. The highest BCUT2D eigenvalue weighted by Gasteiger charge is 2.13. The molecule has 3 nitrogen and oxygen atoms in total. The Labute approximate surface area is 100.0 Å². The number of halogens is 2. The quantitative estimate of drug-likeness (QED) is 0.858. The number of rotatable bonds is 3. The van der Waals surface area contributed by atoms with Crippen molar-refractivity contribution in [2.24, 2.45) is 0 Å². The summed E-state index contributed by atoms with van der Waals surface area (Å²) >= 11 is 0. The maximum absolute atomic E-state index is 13.4. The van der Waals surface area contributed by atoms with E-state index in [-0.39, 0.29) is 0 Å². The van der Waals surface area contributed by atoms with E-state index in [1.165, 1.54) is 12.1 Å². The van der Waals surface area contributed by atoms with E-state index in [4.69, 9.17) is 0 Å². The van der Waals surface area contributed by atoms with Gasteiger partial charge in [-0.2, -0.15) is 0 Å². The molecule has 0 saturated carbocycles. The van der Waals surface area contributed by atoms with Crippen molar-refractivity contribution in [1.82, 2.24) is 15.3 Å². The molecule has 1 heterocycles. The van der Waals surface area contributed by atoms with Crippen LogP contribution in [0.2, 0.25) is 0 Å². The van der Waals surface area contributed by atoms with Crippen LogP contribution in [0.3, 0.4) is 0 Å². The Morgan fingerprint density at radius 1 is 1.18 bits per heavy atom. The van der Waals surface area contributed by atoms with E-state index in [9.17, 15) is 8.78 Å². The molecule has 1 fully saturated rings. The number of hydrogen-bond acceptors (Lipinski definition) is 3. The van der Waals surface area contributed by atoms with Crippen molar-refractivity contribution < 1.29 is 8.78 Å².